The zero-order valence-electron chi connectivity index (χ0n) is 16.5. The van der Waals surface area contributed by atoms with Gasteiger partial charge in [0.25, 0.3) is 5.91 Å². The summed E-state index contributed by atoms with van der Waals surface area (Å²) in [5.41, 5.74) is 1.26. The molecule has 0 saturated carbocycles. The first-order valence-corrected chi connectivity index (χ1v) is 10.7. The van der Waals surface area contributed by atoms with Gasteiger partial charge < -0.3 is 20.7 Å². The highest BCUT2D eigenvalue weighted by Crippen LogP contribution is 2.22. The summed E-state index contributed by atoms with van der Waals surface area (Å²) in [5.74, 6) is 1.35. The number of carbonyl (C=O) groups excluding carboxylic acids is 1. The molecule has 0 fully saturated rings. The molecule has 0 radical (unpaired) electrons. The number of amides is 1. The molecule has 1 amide bonds. The van der Waals surface area contributed by atoms with Gasteiger partial charge in [-0.3, -0.25) is 4.79 Å². The van der Waals surface area contributed by atoms with Crippen LogP contribution in [-0.2, 0) is 0 Å². The lowest BCUT2D eigenvalue weighted by molar-refractivity contribution is 0.0951. The van der Waals surface area contributed by atoms with Gasteiger partial charge in [0, 0.05) is 36.1 Å². The number of halogens is 1. The minimum absolute atomic E-state index is 0.251. The van der Waals surface area contributed by atoms with Crippen LogP contribution in [-0.4, -0.2) is 47.3 Å². The van der Waals surface area contributed by atoms with Crippen LogP contribution in [0.3, 0.4) is 0 Å². The molecule has 0 aliphatic rings. The van der Waals surface area contributed by atoms with E-state index in [1.165, 1.54) is 18.9 Å². The summed E-state index contributed by atoms with van der Waals surface area (Å²) in [6, 6.07) is 12.5. The second-order valence-corrected chi connectivity index (χ2v) is 7.21. The lowest BCUT2D eigenvalue weighted by Gasteiger charge is -2.12. The summed E-state index contributed by atoms with van der Waals surface area (Å²) in [6.45, 7) is 0.884. The van der Waals surface area contributed by atoms with E-state index in [9.17, 15) is 4.79 Å². The third-order valence-electron chi connectivity index (χ3n) is 3.93. The Kier molecular flexibility index (Phi) is 7.69. The molecule has 156 valence electrons. The first-order chi connectivity index (χ1) is 14.6. The van der Waals surface area contributed by atoms with Crippen molar-refractivity contribution in [2.24, 2.45) is 0 Å². The summed E-state index contributed by atoms with van der Waals surface area (Å²) >= 11 is 7.37. The second-order valence-electron chi connectivity index (χ2n) is 6.00. The molecule has 10 heteroatoms. The zero-order valence-corrected chi connectivity index (χ0v) is 18.0. The van der Waals surface area contributed by atoms with Crippen molar-refractivity contribution in [2.45, 2.75) is 5.16 Å². The number of hydrogen-bond acceptors (Lipinski definition) is 8. The predicted molar refractivity (Wildman–Crippen MR) is 120 cm³/mol. The molecule has 0 saturated heterocycles. The van der Waals surface area contributed by atoms with Gasteiger partial charge in [0.2, 0.25) is 5.88 Å². The highest BCUT2D eigenvalue weighted by molar-refractivity contribution is 7.98. The van der Waals surface area contributed by atoms with Gasteiger partial charge in [0.15, 0.2) is 5.16 Å². The molecular formula is C20H21ClN6O2S. The molecule has 3 N–H and O–H groups in total. The number of pyridine rings is 1. The van der Waals surface area contributed by atoms with Crippen molar-refractivity contribution >= 4 is 46.6 Å². The Morgan fingerprint density at radius 2 is 1.90 bits per heavy atom. The molecule has 0 aliphatic carbocycles. The van der Waals surface area contributed by atoms with Gasteiger partial charge >= 0.3 is 0 Å². The number of rotatable bonds is 9. The molecule has 3 rings (SSSR count). The van der Waals surface area contributed by atoms with Gasteiger partial charge in [-0.1, -0.05) is 23.4 Å². The quantitative estimate of drug-likeness (QED) is 0.260. The van der Waals surface area contributed by atoms with Crippen molar-refractivity contribution < 1.29 is 9.53 Å². The zero-order chi connectivity index (χ0) is 21.3. The first kappa shape index (κ1) is 21.7. The van der Waals surface area contributed by atoms with E-state index in [4.69, 9.17) is 16.3 Å². The number of carbonyl (C=O) groups is 1. The lowest BCUT2D eigenvalue weighted by Crippen LogP contribution is -2.29. The fraction of sp³-hybridized carbons (Fsp3) is 0.200. The first-order valence-electron chi connectivity index (χ1n) is 9.06. The number of ether oxygens (including phenoxy) is 1. The maximum absolute atomic E-state index is 12.3. The fourth-order valence-corrected chi connectivity index (χ4v) is 3.05. The topological polar surface area (TPSA) is 101 Å². The second kappa shape index (κ2) is 10.7. The van der Waals surface area contributed by atoms with Crippen LogP contribution in [0.5, 0.6) is 5.88 Å². The molecule has 30 heavy (non-hydrogen) atoms. The molecule has 3 aromatic rings. The summed E-state index contributed by atoms with van der Waals surface area (Å²) in [5, 5.41) is 10.6. The van der Waals surface area contributed by atoms with Crippen molar-refractivity contribution in [2.75, 3.05) is 37.1 Å². The molecule has 0 aliphatic heterocycles. The summed E-state index contributed by atoms with van der Waals surface area (Å²) in [6.07, 6.45) is 3.48. The number of benzene rings is 1. The van der Waals surface area contributed by atoms with E-state index >= 15 is 0 Å². The monoisotopic (exact) mass is 444 g/mol. The van der Waals surface area contributed by atoms with Crippen LogP contribution < -0.4 is 20.7 Å². The largest absolute Gasteiger partial charge is 0.480 e. The highest BCUT2D eigenvalue weighted by Gasteiger charge is 2.12. The van der Waals surface area contributed by atoms with Crippen LogP contribution in [0.15, 0.2) is 53.8 Å². The molecular weight excluding hydrogens is 424 g/mol. The number of nitrogens with zero attached hydrogens (tertiary/aromatic N) is 3. The number of thioether (sulfide) groups is 1. The molecule has 0 unspecified atom stereocenters. The van der Waals surface area contributed by atoms with Crippen LogP contribution in [0.2, 0.25) is 5.02 Å². The Hall–Kier alpha value is -3.04. The number of hydrogen-bond donors (Lipinski definition) is 3. The predicted octanol–water partition coefficient (Wildman–Crippen LogP) is 3.84. The summed E-state index contributed by atoms with van der Waals surface area (Å²) < 4.78 is 5.12. The maximum Gasteiger partial charge on any atom is 0.256 e. The lowest BCUT2D eigenvalue weighted by atomic mass is 10.2. The van der Waals surface area contributed by atoms with Crippen molar-refractivity contribution in [1.29, 1.82) is 0 Å². The number of nitrogens with one attached hydrogen (secondary N) is 3. The normalized spacial score (nSPS) is 10.4. The molecule has 1 aromatic carbocycles. The van der Waals surface area contributed by atoms with E-state index in [1.54, 1.807) is 36.5 Å². The Balaban J connectivity index is 1.58. The van der Waals surface area contributed by atoms with E-state index in [-0.39, 0.29) is 5.91 Å². The van der Waals surface area contributed by atoms with Crippen LogP contribution in [0.25, 0.3) is 0 Å². The third kappa shape index (κ3) is 5.98. The number of methoxy groups -OCH3 is 1. The van der Waals surface area contributed by atoms with Gasteiger partial charge in [0.05, 0.1) is 7.11 Å². The van der Waals surface area contributed by atoms with Crippen molar-refractivity contribution in [3.63, 3.8) is 0 Å². The van der Waals surface area contributed by atoms with Gasteiger partial charge in [-0.25, -0.2) is 15.0 Å². The number of anilines is 3. The van der Waals surface area contributed by atoms with Crippen LogP contribution in [0.4, 0.5) is 17.3 Å². The van der Waals surface area contributed by atoms with E-state index in [0.29, 0.717) is 46.3 Å². The molecule has 0 spiro atoms. The molecule has 2 aromatic heterocycles. The highest BCUT2D eigenvalue weighted by atomic mass is 35.5. The Bertz CT molecular complexity index is 1000. The van der Waals surface area contributed by atoms with E-state index in [0.717, 1.165) is 5.69 Å². The van der Waals surface area contributed by atoms with Crippen LogP contribution in [0.1, 0.15) is 10.4 Å². The van der Waals surface area contributed by atoms with Crippen molar-refractivity contribution in [1.82, 2.24) is 20.3 Å². The molecule has 2 heterocycles. The van der Waals surface area contributed by atoms with Gasteiger partial charge in [0.1, 0.15) is 17.2 Å². The van der Waals surface area contributed by atoms with Crippen LogP contribution >= 0.6 is 23.4 Å². The molecule has 0 bridgehead atoms. The van der Waals surface area contributed by atoms with E-state index in [1.807, 2.05) is 18.4 Å². The summed E-state index contributed by atoms with van der Waals surface area (Å²) in [7, 11) is 1.48. The third-order valence-corrected chi connectivity index (χ3v) is 4.73. The smallest absolute Gasteiger partial charge is 0.256 e. The van der Waals surface area contributed by atoms with E-state index < -0.39 is 0 Å². The Morgan fingerprint density at radius 3 is 2.63 bits per heavy atom. The fourth-order valence-electron chi connectivity index (χ4n) is 2.54. The maximum atomic E-state index is 12.3. The Morgan fingerprint density at radius 1 is 1.13 bits per heavy atom. The Labute approximate surface area is 183 Å². The molecule has 0 atom stereocenters. The minimum Gasteiger partial charge on any atom is -0.480 e. The standard InChI is InChI=1S/C20H21ClN6O2S/c1-29-19-15(4-3-9-24-19)18(28)23-11-10-22-16-12-17(27-20(26-16)30-2)25-14-7-5-13(21)6-8-14/h3-9,12H,10-11H2,1-2H3,(H,23,28)(H2,22,25,26,27). The molecule has 8 nitrogen and oxygen atoms in total. The van der Waals surface area contributed by atoms with Crippen LogP contribution in [0, 0.1) is 0 Å². The summed E-state index contributed by atoms with van der Waals surface area (Å²) in [4.78, 5) is 25.2. The van der Waals surface area contributed by atoms with Gasteiger partial charge in [-0.05, 0) is 42.7 Å². The van der Waals surface area contributed by atoms with Crippen molar-refractivity contribution in [3.05, 3.63) is 59.2 Å². The minimum atomic E-state index is -0.251. The SMILES string of the molecule is COc1ncccc1C(=O)NCCNc1cc(Nc2ccc(Cl)cc2)nc(SC)n1. The average Bonchev–Trinajstić information content (AvgIpc) is 2.78. The van der Waals surface area contributed by atoms with E-state index in [2.05, 4.69) is 30.9 Å². The number of aromatic nitrogens is 3. The van der Waals surface area contributed by atoms with Gasteiger partial charge in [-0.2, -0.15) is 0 Å². The average molecular weight is 445 g/mol. The van der Waals surface area contributed by atoms with Crippen molar-refractivity contribution in [3.8, 4) is 5.88 Å². The van der Waals surface area contributed by atoms with Gasteiger partial charge in [-0.15, -0.1) is 0 Å².